The Labute approximate surface area is 201 Å². The van der Waals surface area contributed by atoms with Crippen molar-refractivity contribution >= 4 is 23.0 Å². The predicted molar refractivity (Wildman–Crippen MR) is 127 cm³/mol. The van der Waals surface area contributed by atoms with Crippen molar-refractivity contribution in [2.45, 2.75) is 38.6 Å². The SMILES string of the molecule is CC[C@@]1(OC(N)=O)C(=O)OCc2c1cc1n(c2=O)Cc2cc3c(CN(C)C)c(OC)ccc3nc2-1. The van der Waals surface area contributed by atoms with Crippen LogP contribution in [-0.2, 0) is 39.6 Å². The summed E-state index contributed by atoms with van der Waals surface area (Å²) in [4.78, 5) is 44.9. The van der Waals surface area contributed by atoms with E-state index in [2.05, 4.69) is 4.90 Å². The first kappa shape index (κ1) is 22.9. The maximum atomic E-state index is 13.5. The van der Waals surface area contributed by atoms with Crippen LogP contribution in [0.5, 0.6) is 5.75 Å². The maximum Gasteiger partial charge on any atom is 0.405 e. The van der Waals surface area contributed by atoms with E-state index in [1.807, 2.05) is 32.3 Å². The van der Waals surface area contributed by atoms with Gasteiger partial charge in [-0.15, -0.1) is 0 Å². The van der Waals surface area contributed by atoms with E-state index in [1.165, 1.54) is 0 Å². The molecule has 1 atom stereocenters. The van der Waals surface area contributed by atoms with Crippen molar-refractivity contribution in [2.75, 3.05) is 21.2 Å². The first-order valence-electron chi connectivity index (χ1n) is 11.3. The highest BCUT2D eigenvalue weighted by Gasteiger charge is 2.50. The number of cyclic esters (lactones) is 1. The molecule has 2 aliphatic heterocycles. The second-order valence-electron chi connectivity index (χ2n) is 9.04. The van der Waals surface area contributed by atoms with Gasteiger partial charge in [-0.2, -0.15) is 0 Å². The number of primary amides is 1. The lowest BCUT2D eigenvalue weighted by molar-refractivity contribution is -0.172. The van der Waals surface area contributed by atoms with Gasteiger partial charge in [0.25, 0.3) is 5.56 Å². The van der Waals surface area contributed by atoms with Gasteiger partial charge in [0.2, 0.25) is 5.60 Å². The Bertz CT molecular complexity index is 1460. The Morgan fingerprint density at radius 2 is 2.06 bits per heavy atom. The summed E-state index contributed by atoms with van der Waals surface area (Å²) in [6.45, 7) is 2.45. The molecule has 10 heteroatoms. The van der Waals surface area contributed by atoms with Gasteiger partial charge in [0, 0.05) is 28.6 Å². The van der Waals surface area contributed by atoms with Gasteiger partial charge in [-0.3, -0.25) is 4.79 Å². The van der Waals surface area contributed by atoms with Crippen LogP contribution in [0.1, 0.15) is 35.6 Å². The summed E-state index contributed by atoms with van der Waals surface area (Å²) in [7, 11) is 5.60. The molecule has 1 aromatic carbocycles. The van der Waals surface area contributed by atoms with Crippen LogP contribution in [0.25, 0.3) is 22.3 Å². The van der Waals surface area contributed by atoms with E-state index in [1.54, 1.807) is 24.7 Å². The third-order valence-corrected chi connectivity index (χ3v) is 6.70. The zero-order chi connectivity index (χ0) is 25.1. The van der Waals surface area contributed by atoms with Crippen LogP contribution >= 0.6 is 0 Å². The number of pyridine rings is 2. The van der Waals surface area contributed by atoms with Crippen LogP contribution in [0.3, 0.4) is 0 Å². The van der Waals surface area contributed by atoms with Gasteiger partial charge in [0.15, 0.2) is 0 Å². The summed E-state index contributed by atoms with van der Waals surface area (Å²) in [6.07, 6.45) is -1.06. The van der Waals surface area contributed by atoms with Gasteiger partial charge in [-0.1, -0.05) is 6.92 Å². The van der Waals surface area contributed by atoms with E-state index in [0.29, 0.717) is 30.0 Å². The van der Waals surface area contributed by atoms with Crippen LogP contribution in [-0.4, -0.2) is 47.7 Å². The highest BCUT2D eigenvalue weighted by molar-refractivity contribution is 5.90. The lowest BCUT2D eigenvalue weighted by Crippen LogP contribution is -2.48. The van der Waals surface area contributed by atoms with Gasteiger partial charge in [-0.05, 0) is 44.8 Å². The molecule has 0 radical (unpaired) electrons. The van der Waals surface area contributed by atoms with Crippen LogP contribution in [0.4, 0.5) is 4.79 Å². The molecule has 2 N–H and O–H groups in total. The van der Waals surface area contributed by atoms with Crippen molar-refractivity contribution < 1.29 is 23.8 Å². The van der Waals surface area contributed by atoms with Crippen LogP contribution in [0.15, 0.2) is 29.1 Å². The fourth-order valence-corrected chi connectivity index (χ4v) is 5.09. The molecule has 182 valence electrons. The Morgan fingerprint density at radius 3 is 2.71 bits per heavy atom. The van der Waals surface area contributed by atoms with Crippen molar-refractivity contribution in [3.63, 3.8) is 0 Å². The minimum absolute atomic E-state index is 0.0658. The van der Waals surface area contributed by atoms with Crippen molar-refractivity contribution in [1.29, 1.82) is 0 Å². The number of nitrogens with two attached hydrogens (primary N) is 1. The molecule has 0 unspecified atom stereocenters. The highest BCUT2D eigenvalue weighted by atomic mass is 16.6. The van der Waals surface area contributed by atoms with E-state index in [4.69, 9.17) is 24.9 Å². The molecule has 0 bridgehead atoms. The third-order valence-electron chi connectivity index (χ3n) is 6.70. The summed E-state index contributed by atoms with van der Waals surface area (Å²) in [5.41, 5.74) is 7.58. The number of rotatable bonds is 5. The number of hydrogen-bond acceptors (Lipinski definition) is 8. The summed E-state index contributed by atoms with van der Waals surface area (Å²) >= 11 is 0. The quantitative estimate of drug-likeness (QED) is 0.433. The molecule has 2 aliphatic rings. The molecule has 35 heavy (non-hydrogen) atoms. The van der Waals surface area contributed by atoms with Crippen LogP contribution in [0.2, 0.25) is 0 Å². The fourth-order valence-electron chi connectivity index (χ4n) is 5.09. The molecule has 0 fully saturated rings. The largest absolute Gasteiger partial charge is 0.496 e. The van der Waals surface area contributed by atoms with Gasteiger partial charge in [0.05, 0.1) is 36.1 Å². The van der Waals surface area contributed by atoms with Crippen molar-refractivity contribution in [2.24, 2.45) is 5.73 Å². The van der Waals surface area contributed by atoms with Gasteiger partial charge >= 0.3 is 12.1 Å². The van der Waals surface area contributed by atoms with Crippen LogP contribution in [0, 0.1) is 0 Å². The highest BCUT2D eigenvalue weighted by Crippen LogP contribution is 2.41. The van der Waals surface area contributed by atoms with E-state index in [-0.39, 0.29) is 24.2 Å². The number of benzene rings is 1. The first-order valence-corrected chi connectivity index (χ1v) is 11.3. The monoisotopic (exact) mass is 478 g/mol. The number of esters is 1. The molecule has 2 aromatic heterocycles. The molecule has 4 heterocycles. The maximum absolute atomic E-state index is 13.5. The van der Waals surface area contributed by atoms with Gasteiger partial charge < -0.3 is 29.4 Å². The molecule has 0 spiro atoms. The Morgan fingerprint density at radius 1 is 1.29 bits per heavy atom. The topological polar surface area (TPSA) is 126 Å². The number of fused-ring (bicyclic) bond motifs is 5. The van der Waals surface area contributed by atoms with Crippen molar-refractivity contribution in [3.8, 4) is 17.1 Å². The number of methoxy groups -OCH3 is 1. The predicted octanol–water partition coefficient (Wildman–Crippen LogP) is 2.25. The van der Waals surface area contributed by atoms with Gasteiger partial charge in [-0.25, -0.2) is 14.6 Å². The fraction of sp³-hybridized carbons (Fsp3) is 0.360. The third kappa shape index (κ3) is 3.35. The zero-order valence-corrected chi connectivity index (χ0v) is 20.0. The van der Waals surface area contributed by atoms with Crippen LogP contribution < -0.4 is 16.0 Å². The molecule has 0 saturated heterocycles. The minimum Gasteiger partial charge on any atom is -0.496 e. The molecular formula is C25H26N4O6. The van der Waals surface area contributed by atoms with E-state index < -0.39 is 17.7 Å². The summed E-state index contributed by atoms with van der Waals surface area (Å²) in [5.74, 6) is 0.0175. The normalized spacial score (nSPS) is 18.1. The average Bonchev–Trinajstić information content (AvgIpc) is 3.17. The molecular weight excluding hydrogens is 452 g/mol. The Kier molecular flexibility index (Phi) is 5.28. The number of ether oxygens (including phenoxy) is 3. The average molecular weight is 479 g/mol. The smallest absolute Gasteiger partial charge is 0.405 e. The number of hydrogen-bond donors (Lipinski definition) is 1. The first-order chi connectivity index (χ1) is 16.7. The zero-order valence-electron chi connectivity index (χ0n) is 20.0. The molecule has 10 nitrogen and oxygen atoms in total. The molecule has 0 saturated carbocycles. The number of aromatic nitrogens is 2. The second-order valence-corrected chi connectivity index (χ2v) is 9.04. The van der Waals surface area contributed by atoms with Crippen molar-refractivity contribution in [3.05, 3.63) is 56.9 Å². The van der Waals surface area contributed by atoms with E-state index in [0.717, 1.165) is 27.8 Å². The molecule has 0 aliphatic carbocycles. The summed E-state index contributed by atoms with van der Waals surface area (Å²) in [5, 5.41) is 0.945. The number of nitrogens with zero attached hydrogens (tertiary/aromatic N) is 3. The summed E-state index contributed by atoms with van der Waals surface area (Å²) < 4.78 is 17.8. The number of carbonyl (C=O) groups excluding carboxylic acids is 2. The minimum atomic E-state index is -1.78. The number of amides is 1. The lowest BCUT2D eigenvalue weighted by Gasteiger charge is -2.35. The molecule has 1 amide bonds. The number of carbonyl (C=O) groups is 2. The van der Waals surface area contributed by atoms with E-state index in [9.17, 15) is 14.4 Å². The van der Waals surface area contributed by atoms with Crippen molar-refractivity contribution in [1.82, 2.24) is 14.5 Å². The molecule has 3 aromatic rings. The second kappa shape index (κ2) is 8.09. The van der Waals surface area contributed by atoms with E-state index >= 15 is 0 Å². The standard InChI is InChI=1S/C25H26N4O6/c1-5-25(35-24(26)32)17-9-19-21-13(10-29(19)22(30)16(17)12-34-23(25)31)8-14-15(11-28(2)3)20(33-4)7-6-18(14)27-21/h6-9H,5,10-12H2,1-4H3,(H2,26,32)/t25-/m0/s1. The Balaban J connectivity index is 1.74. The molecule has 5 rings (SSSR count). The Hall–Kier alpha value is -3.92. The summed E-state index contributed by atoms with van der Waals surface area (Å²) in [6, 6.07) is 7.52. The van der Waals surface area contributed by atoms with Gasteiger partial charge in [0.1, 0.15) is 12.4 Å². The lowest BCUT2D eigenvalue weighted by atomic mass is 9.85.